The van der Waals surface area contributed by atoms with Crippen molar-refractivity contribution in [1.29, 1.82) is 0 Å². The molecule has 4 aromatic carbocycles. The zero-order valence-corrected chi connectivity index (χ0v) is 33.3. The second-order valence-electron chi connectivity index (χ2n) is 15.7. The predicted molar refractivity (Wildman–Crippen MR) is 229 cm³/mol. The molecule has 0 saturated heterocycles. The van der Waals surface area contributed by atoms with Crippen molar-refractivity contribution in [2.75, 3.05) is 11.5 Å². The number of nitrogen functional groups attached to an aromatic ring is 2. The van der Waals surface area contributed by atoms with E-state index in [-0.39, 0.29) is 0 Å². The van der Waals surface area contributed by atoms with Crippen LogP contribution in [0.3, 0.4) is 0 Å². The van der Waals surface area contributed by atoms with Crippen molar-refractivity contribution in [2.24, 2.45) is 0 Å². The molecule has 4 N–H and O–H groups in total. The van der Waals surface area contributed by atoms with E-state index in [1.165, 1.54) is 149 Å². The number of anilines is 2. The fourth-order valence-corrected chi connectivity index (χ4v) is 8.14. The first-order valence-corrected chi connectivity index (χ1v) is 21.4. The van der Waals surface area contributed by atoms with Crippen LogP contribution in [-0.2, 0) is 6.42 Å². The van der Waals surface area contributed by atoms with Crippen LogP contribution in [0.5, 0.6) is 0 Å². The number of hydrogen-bond donors (Lipinski definition) is 2. The zero-order valence-electron chi connectivity index (χ0n) is 33.3. The Balaban J connectivity index is 1.38. The van der Waals surface area contributed by atoms with Crippen LogP contribution in [-0.4, -0.2) is 0 Å². The number of benzene rings is 4. The molecule has 0 saturated carbocycles. The van der Waals surface area contributed by atoms with Crippen LogP contribution >= 0.6 is 0 Å². The van der Waals surface area contributed by atoms with E-state index in [2.05, 4.69) is 118 Å². The van der Waals surface area contributed by atoms with Gasteiger partial charge in [-0.15, -0.1) is 0 Å². The van der Waals surface area contributed by atoms with Gasteiger partial charge in [0, 0.05) is 23.2 Å². The Kier molecular flexibility index (Phi) is 19.0. The second-order valence-corrected chi connectivity index (χ2v) is 15.7. The van der Waals surface area contributed by atoms with E-state index in [4.69, 9.17) is 11.5 Å². The monoisotopic (exact) mass is 701 g/mol. The summed E-state index contributed by atoms with van der Waals surface area (Å²) in [5, 5.41) is 0. The van der Waals surface area contributed by atoms with Crippen LogP contribution in [0.4, 0.5) is 11.4 Å². The molecule has 3 unspecified atom stereocenters. The van der Waals surface area contributed by atoms with Gasteiger partial charge in [0.2, 0.25) is 0 Å². The van der Waals surface area contributed by atoms with Crippen LogP contribution in [0.15, 0.2) is 97.1 Å². The summed E-state index contributed by atoms with van der Waals surface area (Å²) in [7, 11) is 0. The fourth-order valence-electron chi connectivity index (χ4n) is 8.14. The average molecular weight is 701 g/mol. The van der Waals surface area contributed by atoms with Crippen molar-refractivity contribution in [1.82, 2.24) is 0 Å². The van der Waals surface area contributed by atoms with Gasteiger partial charge in [0.15, 0.2) is 0 Å². The Morgan fingerprint density at radius 1 is 0.365 bits per heavy atom. The van der Waals surface area contributed by atoms with Gasteiger partial charge in [-0.1, -0.05) is 196 Å². The quantitative estimate of drug-likeness (QED) is 0.0506. The van der Waals surface area contributed by atoms with Gasteiger partial charge in [-0.25, -0.2) is 0 Å². The highest BCUT2D eigenvalue weighted by atomic mass is 14.5. The highest BCUT2D eigenvalue weighted by Crippen LogP contribution is 2.35. The van der Waals surface area contributed by atoms with Crippen LogP contribution in [0.25, 0.3) is 0 Å². The van der Waals surface area contributed by atoms with E-state index in [0.29, 0.717) is 17.8 Å². The molecule has 2 nitrogen and oxygen atoms in total. The number of hydrogen-bond acceptors (Lipinski definition) is 2. The summed E-state index contributed by atoms with van der Waals surface area (Å²) in [5.74, 6) is 1.35. The van der Waals surface area contributed by atoms with Crippen molar-refractivity contribution < 1.29 is 0 Å². The Morgan fingerprint density at radius 2 is 0.673 bits per heavy atom. The topological polar surface area (TPSA) is 52.0 Å². The van der Waals surface area contributed by atoms with Crippen molar-refractivity contribution in [2.45, 2.75) is 167 Å². The van der Waals surface area contributed by atoms with Crippen molar-refractivity contribution in [3.05, 3.63) is 130 Å². The molecule has 52 heavy (non-hydrogen) atoms. The SMILES string of the molecule is CCCCCCCCCCC(c1ccc(N)cc1)c1ccc(CC(CC)c2ccc(C(CCCCCCCCCC)c3ccc(N)cc3)cc2)cc1. The lowest BCUT2D eigenvalue weighted by Gasteiger charge is -2.21. The maximum Gasteiger partial charge on any atom is 0.0314 e. The zero-order chi connectivity index (χ0) is 36.8. The molecule has 0 amide bonds. The standard InChI is InChI=1S/C50H72N2/c1-4-7-9-11-13-15-17-19-21-49(45-31-35-47(51)36-32-45)43-25-23-40(24-26-43)39-41(6-3)42-27-29-44(30-28-42)50(46-33-37-48(52)38-34-46)22-20-18-16-14-12-10-8-5-2/h23-38,41,49-50H,4-22,39,51-52H2,1-3H3. The molecule has 282 valence electrons. The lowest BCUT2D eigenvalue weighted by Crippen LogP contribution is -2.06. The molecule has 0 spiro atoms. The third-order valence-corrected chi connectivity index (χ3v) is 11.5. The van der Waals surface area contributed by atoms with E-state index >= 15 is 0 Å². The summed E-state index contributed by atoms with van der Waals surface area (Å²) in [6.07, 6.45) is 26.2. The third kappa shape index (κ3) is 14.1. The lowest BCUT2D eigenvalue weighted by molar-refractivity contribution is 0.551. The number of unbranched alkanes of at least 4 members (excludes halogenated alkanes) is 14. The highest BCUT2D eigenvalue weighted by molar-refractivity contribution is 5.44. The largest absolute Gasteiger partial charge is 0.399 e. The van der Waals surface area contributed by atoms with Crippen LogP contribution in [0.1, 0.15) is 194 Å². The minimum atomic E-state index is 0.419. The predicted octanol–water partition coefficient (Wildman–Crippen LogP) is 14.9. The molecule has 4 aromatic rings. The first-order chi connectivity index (χ1) is 25.5. The summed E-state index contributed by atoms with van der Waals surface area (Å²) in [5.41, 5.74) is 22.4. The Morgan fingerprint density at radius 3 is 1.04 bits per heavy atom. The minimum absolute atomic E-state index is 0.419. The number of rotatable bonds is 26. The Bertz CT molecular complexity index is 1470. The average Bonchev–Trinajstić information content (AvgIpc) is 3.17. The summed E-state index contributed by atoms with van der Waals surface area (Å²) < 4.78 is 0. The van der Waals surface area contributed by atoms with Gasteiger partial charge in [-0.05, 0) is 89.2 Å². The summed E-state index contributed by atoms with van der Waals surface area (Å²) in [4.78, 5) is 0. The maximum absolute atomic E-state index is 6.08. The van der Waals surface area contributed by atoms with Crippen molar-refractivity contribution in [3.8, 4) is 0 Å². The van der Waals surface area contributed by atoms with Crippen molar-refractivity contribution in [3.63, 3.8) is 0 Å². The molecule has 0 heterocycles. The van der Waals surface area contributed by atoms with E-state index in [0.717, 1.165) is 24.2 Å². The first kappa shape index (κ1) is 41.2. The van der Waals surface area contributed by atoms with Gasteiger partial charge in [-0.2, -0.15) is 0 Å². The van der Waals surface area contributed by atoms with Gasteiger partial charge < -0.3 is 11.5 Å². The summed E-state index contributed by atoms with van der Waals surface area (Å²) in [6, 6.07) is 36.5. The first-order valence-electron chi connectivity index (χ1n) is 21.4. The van der Waals surface area contributed by atoms with Gasteiger partial charge in [0.05, 0.1) is 0 Å². The van der Waals surface area contributed by atoms with Gasteiger partial charge in [0.25, 0.3) is 0 Å². The molecule has 0 fully saturated rings. The van der Waals surface area contributed by atoms with Crippen molar-refractivity contribution >= 4 is 11.4 Å². The lowest BCUT2D eigenvalue weighted by atomic mass is 9.83. The molecule has 0 aromatic heterocycles. The summed E-state index contributed by atoms with van der Waals surface area (Å²) >= 11 is 0. The Hall–Kier alpha value is -3.52. The van der Waals surface area contributed by atoms with E-state index in [1.807, 2.05) is 0 Å². The fraction of sp³-hybridized carbons (Fsp3) is 0.520. The van der Waals surface area contributed by atoms with Gasteiger partial charge in [-0.3, -0.25) is 0 Å². The normalized spacial score (nSPS) is 13.2. The second kappa shape index (κ2) is 23.9. The van der Waals surface area contributed by atoms with Crippen LogP contribution < -0.4 is 11.5 Å². The molecule has 0 aliphatic heterocycles. The molecule has 4 rings (SSSR count). The summed E-state index contributed by atoms with van der Waals surface area (Å²) in [6.45, 7) is 6.93. The molecular weight excluding hydrogens is 629 g/mol. The smallest absolute Gasteiger partial charge is 0.0314 e. The molecule has 0 aliphatic rings. The van der Waals surface area contributed by atoms with Crippen LogP contribution in [0, 0.1) is 0 Å². The minimum Gasteiger partial charge on any atom is -0.399 e. The van der Waals surface area contributed by atoms with E-state index < -0.39 is 0 Å². The molecule has 0 aliphatic carbocycles. The van der Waals surface area contributed by atoms with Gasteiger partial charge in [0.1, 0.15) is 0 Å². The maximum atomic E-state index is 6.08. The third-order valence-electron chi connectivity index (χ3n) is 11.5. The van der Waals surface area contributed by atoms with E-state index in [1.54, 1.807) is 0 Å². The molecular formula is C50H72N2. The Labute approximate surface area is 319 Å². The van der Waals surface area contributed by atoms with Gasteiger partial charge >= 0.3 is 0 Å². The molecule has 0 radical (unpaired) electrons. The number of nitrogens with two attached hydrogens (primary N) is 2. The highest BCUT2D eigenvalue weighted by Gasteiger charge is 2.18. The molecule has 3 atom stereocenters. The van der Waals surface area contributed by atoms with E-state index in [9.17, 15) is 0 Å². The molecule has 0 bridgehead atoms. The molecule has 2 heteroatoms. The van der Waals surface area contributed by atoms with Crippen LogP contribution in [0.2, 0.25) is 0 Å².